The number of aromatic carboxylic acids is 1. The molecule has 5 nitrogen and oxygen atoms in total. The first kappa shape index (κ1) is 13.0. The fourth-order valence-electron chi connectivity index (χ4n) is 1.31. The number of hydrogen-bond acceptors (Lipinski definition) is 3. The van der Waals surface area contributed by atoms with Crippen molar-refractivity contribution in [3.8, 4) is 0 Å². The highest BCUT2D eigenvalue weighted by atomic mass is 19.1. The molecular formula is C11H13FN2O3. The lowest BCUT2D eigenvalue weighted by atomic mass is 10.1. The second-order valence-electron chi connectivity index (χ2n) is 3.32. The Morgan fingerprint density at radius 1 is 1.41 bits per heavy atom. The minimum Gasteiger partial charge on any atom is -0.478 e. The maximum atomic E-state index is 13.4. The molecule has 0 atom stereocenters. The van der Waals surface area contributed by atoms with Crippen molar-refractivity contribution >= 4 is 17.6 Å². The predicted octanol–water partition coefficient (Wildman–Crippen LogP) is 1.07. The molecule has 0 saturated heterocycles. The second-order valence-corrected chi connectivity index (χ2v) is 3.32. The third-order valence-corrected chi connectivity index (χ3v) is 2.18. The summed E-state index contributed by atoms with van der Waals surface area (Å²) in [6.07, 6.45) is 0.143. The van der Waals surface area contributed by atoms with E-state index in [9.17, 15) is 14.0 Å². The molecule has 92 valence electrons. The number of para-hydroxylation sites is 1. The first-order valence-electron chi connectivity index (χ1n) is 5.02. The highest BCUT2D eigenvalue weighted by Crippen LogP contribution is 2.19. The van der Waals surface area contributed by atoms with E-state index in [1.807, 2.05) is 0 Å². The van der Waals surface area contributed by atoms with Gasteiger partial charge in [-0.2, -0.15) is 0 Å². The molecule has 1 aromatic carbocycles. The Morgan fingerprint density at radius 2 is 2.12 bits per heavy atom. The normalized spacial score (nSPS) is 9.76. The van der Waals surface area contributed by atoms with Crippen LogP contribution >= 0.6 is 0 Å². The number of carboxylic acids is 1. The molecule has 3 N–H and O–H groups in total. The van der Waals surface area contributed by atoms with Gasteiger partial charge in [-0.05, 0) is 12.1 Å². The molecular weight excluding hydrogens is 227 g/mol. The number of carbonyl (C=O) groups excluding carboxylic acids is 1. The minimum absolute atomic E-state index is 0.0936. The van der Waals surface area contributed by atoms with Crippen LogP contribution in [0.5, 0.6) is 0 Å². The van der Waals surface area contributed by atoms with Gasteiger partial charge in [0.1, 0.15) is 5.82 Å². The Bertz CT molecular complexity index is 435. The Morgan fingerprint density at radius 3 is 2.71 bits per heavy atom. The van der Waals surface area contributed by atoms with E-state index in [0.29, 0.717) is 0 Å². The first-order chi connectivity index (χ1) is 8.06. The Labute approximate surface area is 97.6 Å². The summed E-state index contributed by atoms with van der Waals surface area (Å²) in [5.41, 5.74) is -0.245. The van der Waals surface area contributed by atoms with Crippen LogP contribution in [0.4, 0.5) is 10.1 Å². The number of carboxylic acid groups (broad SMARTS) is 1. The van der Waals surface area contributed by atoms with Gasteiger partial charge in [0.15, 0.2) is 0 Å². The van der Waals surface area contributed by atoms with Crippen LogP contribution in [-0.4, -0.2) is 30.6 Å². The van der Waals surface area contributed by atoms with Crippen LogP contribution in [0.1, 0.15) is 16.8 Å². The summed E-state index contributed by atoms with van der Waals surface area (Å²) < 4.78 is 13.4. The summed E-state index contributed by atoms with van der Waals surface area (Å²) in [5.74, 6) is -2.07. The van der Waals surface area contributed by atoms with E-state index in [1.54, 1.807) is 0 Å². The van der Waals surface area contributed by atoms with Crippen molar-refractivity contribution in [1.29, 1.82) is 0 Å². The van der Waals surface area contributed by atoms with Crippen molar-refractivity contribution in [1.82, 2.24) is 5.32 Å². The number of halogens is 1. The first-order valence-corrected chi connectivity index (χ1v) is 5.02. The molecule has 1 amide bonds. The van der Waals surface area contributed by atoms with E-state index in [-0.39, 0.29) is 30.1 Å². The number of amides is 1. The predicted molar refractivity (Wildman–Crippen MR) is 60.5 cm³/mol. The zero-order valence-electron chi connectivity index (χ0n) is 9.29. The number of benzene rings is 1. The molecule has 0 radical (unpaired) electrons. The topological polar surface area (TPSA) is 78.4 Å². The molecule has 0 aliphatic heterocycles. The SMILES string of the molecule is CNC(=O)CCNc1c(F)cccc1C(=O)O. The summed E-state index contributed by atoms with van der Waals surface area (Å²) in [7, 11) is 1.49. The van der Waals surface area contributed by atoms with Gasteiger partial charge in [-0.25, -0.2) is 9.18 Å². The van der Waals surface area contributed by atoms with Crippen LogP contribution in [0.25, 0.3) is 0 Å². The number of nitrogens with one attached hydrogen (secondary N) is 2. The monoisotopic (exact) mass is 240 g/mol. The Hall–Kier alpha value is -2.11. The maximum absolute atomic E-state index is 13.4. The van der Waals surface area contributed by atoms with Gasteiger partial charge in [0.05, 0.1) is 11.3 Å². The van der Waals surface area contributed by atoms with Crippen LogP contribution in [-0.2, 0) is 4.79 Å². The third kappa shape index (κ3) is 3.44. The molecule has 0 aliphatic rings. The molecule has 0 bridgehead atoms. The fourth-order valence-corrected chi connectivity index (χ4v) is 1.31. The fraction of sp³-hybridized carbons (Fsp3) is 0.273. The number of anilines is 1. The number of rotatable bonds is 5. The van der Waals surface area contributed by atoms with Gasteiger partial charge < -0.3 is 15.7 Å². The van der Waals surface area contributed by atoms with Crippen LogP contribution in [0.3, 0.4) is 0 Å². The van der Waals surface area contributed by atoms with Crippen molar-refractivity contribution in [3.63, 3.8) is 0 Å². The van der Waals surface area contributed by atoms with Crippen molar-refractivity contribution in [2.45, 2.75) is 6.42 Å². The molecule has 0 unspecified atom stereocenters. The molecule has 1 rings (SSSR count). The minimum atomic E-state index is -1.22. The van der Waals surface area contributed by atoms with E-state index < -0.39 is 11.8 Å². The zero-order chi connectivity index (χ0) is 12.8. The molecule has 0 aliphatic carbocycles. The van der Waals surface area contributed by atoms with E-state index in [0.717, 1.165) is 6.07 Å². The van der Waals surface area contributed by atoms with Crippen molar-refractivity contribution in [3.05, 3.63) is 29.6 Å². The molecule has 0 aromatic heterocycles. The van der Waals surface area contributed by atoms with E-state index in [1.165, 1.54) is 19.2 Å². The van der Waals surface area contributed by atoms with Crippen molar-refractivity contribution in [2.24, 2.45) is 0 Å². The van der Waals surface area contributed by atoms with Crippen molar-refractivity contribution in [2.75, 3.05) is 18.9 Å². The lowest BCUT2D eigenvalue weighted by Gasteiger charge is -2.09. The van der Waals surface area contributed by atoms with Gasteiger partial charge in [-0.3, -0.25) is 4.79 Å². The molecule has 0 heterocycles. The van der Waals surface area contributed by atoms with E-state index in [4.69, 9.17) is 5.11 Å². The van der Waals surface area contributed by atoms with Crippen LogP contribution in [0.2, 0.25) is 0 Å². The highest BCUT2D eigenvalue weighted by Gasteiger charge is 2.13. The highest BCUT2D eigenvalue weighted by molar-refractivity contribution is 5.94. The Kier molecular flexibility index (Phi) is 4.45. The molecule has 1 aromatic rings. The molecule has 0 spiro atoms. The molecule has 17 heavy (non-hydrogen) atoms. The van der Waals surface area contributed by atoms with E-state index >= 15 is 0 Å². The molecule has 0 fully saturated rings. The number of carbonyl (C=O) groups is 2. The van der Waals surface area contributed by atoms with Crippen molar-refractivity contribution < 1.29 is 19.1 Å². The largest absolute Gasteiger partial charge is 0.478 e. The average molecular weight is 240 g/mol. The quantitative estimate of drug-likeness (QED) is 0.719. The van der Waals surface area contributed by atoms with Gasteiger partial charge in [0.2, 0.25) is 5.91 Å². The summed E-state index contributed by atoms with van der Waals surface area (Å²) in [6.45, 7) is 0.168. The Balaban J connectivity index is 2.76. The van der Waals surface area contributed by atoms with Gasteiger partial charge in [-0.1, -0.05) is 6.07 Å². The maximum Gasteiger partial charge on any atom is 0.337 e. The molecule has 6 heteroatoms. The van der Waals surface area contributed by atoms with E-state index in [2.05, 4.69) is 10.6 Å². The third-order valence-electron chi connectivity index (χ3n) is 2.18. The van der Waals surface area contributed by atoms with Gasteiger partial charge in [0.25, 0.3) is 0 Å². The standard InChI is InChI=1S/C11H13FN2O3/c1-13-9(15)5-6-14-10-7(11(16)17)3-2-4-8(10)12/h2-4,14H,5-6H2,1H3,(H,13,15)(H,16,17). The zero-order valence-corrected chi connectivity index (χ0v) is 9.29. The summed E-state index contributed by atoms with van der Waals surface area (Å²) in [4.78, 5) is 21.8. The summed E-state index contributed by atoms with van der Waals surface area (Å²) in [5, 5.41) is 13.9. The lowest BCUT2D eigenvalue weighted by Crippen LogP contribution is -2.21. The summed E-state index contributed by atoms with van der Waals surface area (Å²) in [6, 6.07) is 3.78. The lowest BCUT2D eigenvalue weighted by molar-refractivity contribution is -0.120. The van der Waals surface area contributed by atoms with Gasteiger partial charge in [0, 0.05) is 20.0 Å². The van der Waals surface area contributed by atoms with Crippen LogP contribution in [0.15, 0.2) is 18.2 Å². The smallest absolute Gasteiger partial charge is 0.337 e. The number of hydrogen-bond donors (Lipinski definition) is 3. The van der Waals surface area contributed by atoms with Gasteiger partial charge >= 0.3 is 5.97 Å². The molecule has 0 saturated carbocycles. The summed E-state index contributed by atoms with van der Waals surface area (Å²) >= 11 is 0. The van der Waals surface area contributed by atoms with Gasteiger partial charge in [-0.15, -0.1) is 0 Å². The average Bonchev–Trinajstić information content (AvgIpc) is 2.30. The second kappa shape index (κ2) is 5.83. The van der Waals surface area contributed by atoms with Crippen LogP contribution in [0, 0.1) is 5.82 Å². The van der Waals surface area contributed by atoms with Crippen LogP contribution < -0.4 is 10.6 Å².